The third kappa shape index (κ3) is 2.98. The lowest BCUT2D eigenvalue weighted by molar-refractivity contribution is -0.103. The van der Waals surface area contributed by atoms with Gasteiger partial charge in [0.25, 0.3) is 0 Å². The third-order valence-corrected chi connectivity index (χ3v) is 5.59. The Balaban J connectivity index is 2.13. The second-order valence-electron chi connectivity index (χ2n) is 7.42. The molecule has 3 nitrogen and oxygen atoms in total. The van der Waals surface area contributed by atoms with Crippen molar-refractivity contribution in [2.75, 3.05) is 26.2 Å². The molecule has 112 valence electrons. The molecule has 0 radical (unpaired) electrons. The van der Waals surface area contributed by atoms with Crippen LogP contribution >= 0.6 is 0 Å². The molecule has 2 rings (SSSR count). The smallest absolute Gasteiger partial charge is 0.0700 e. The lowest BCUT2D eigenvalue weighted by Crippen LogP contribution is -2.64. The largest absolute Gasteiger partial charge is 0.376 e. The van der Waals surface area contributed by atoms with E-state index in [9.17, 15) is 0 Å². The third-order valence-electron chi connectivity index (χ3n) is 5.59. The standard InChI is InChI=1S/C16H32N2O/c1-5-14-11-18(8-9-19-14)16(12-17)7-6-15(3,4)10-13(16)2/h13-14H,5-12,17H2,1-4H3. The fourth-order valence-corrected chi connectivity index (χ4v) is 4.20. The number of morpholine rings is 1. The SMILES string of the molecule is CCC1CN(C2(CN)CCC(C)(C)CC2C)CCO1. The van der Waals surface area contributed by atoms with E-state index in [2.05, 4.69) is 32.6 Å². The van der Waals surface area contributed by atoms with Crippen LogP contribution in [0, 0.1) is 11.3 Å². The molecule has 0 spiro atoms. The van der Waals surface area contributed by atoms with E-state index < -0.39 is 0 Å². The van der Waals surface area contributed by atoms with E-state index in [0.717, 1.165) is 32.7 Å². The lowest BCUT2D eigenvalue weighted by atomic mass is 9.63. The predicted octanol–water partition coefficient (Wildman–Crippen LogP) is 2.64. The van der Waals surface area contributed by atoms with Gasteiger partial charge >= 0.3 is 0 Å². The van der Waals surface area contributed by atoms with Crippen molar-refractivity contribution in [1.29, 1.82) is 0 Å². The molecule has 2 aliphatic rings. The van der Waals surface area contributed by atoms with Gasteiger partial charge in [0, 0.05) is 25.2 Å². The molecular weight excluding hydrogens is 236 g/mol. The lowest BCUT2D eigenvalue weighted by Gasteiger charge is -2.55. The minimum Gasteiger partial charge on any atom is -0.376 e. The van der Waals surface area contributed by atoms with Gasteiger partial charge in [-0.15, -0.1) is 0 Å². The molecule has 1 aliphatic heterocycles. The van der Waals surface area contributed by atoms with E-state index >= 15 is 0 Å². The Kier molecular flexibility index (Phi) is 4.59. The van der Waals surface area contributed by atoms with E-state index in [1.54, 1.807) is 0 Å². The molecule has 1 saturated heterocycles. The molecule has 0 aromatic rings. The molecule has 3 unspecified atom stereocenters. The second kappa shape index (κ2) is 5.71. The highest BCUT2D eigenvalue weighted by atomic mass is 16.5. The van der Waals surface area contributed by atoms with Crippen molar-refractivity contribution in [2.24, 2.45) is 17.1 Å². The number of nitrogens with two attached hydrogens (primary N) is 1. The Morgan fingerprint density at radius 1 is 1.32 bits per heavy atom. The summed E-state index contributed by atoms with van der Waals surface area (Å²) in [6.07, 6.45) is 5.34. The quantitative estimate of drug-likeness (QED) is 0.855. The molecule has 19 heavy (non-hydrogen) atoms. The zero-order valence-electron chi connectivity index (χ0n) is 13.2. The molecule has 3 atom stereocenters. The van der Waals surface area contributed by atoms with Crippen LogP contribution in [-0.2, 0) is 4.74 Å². The van der Waals surface area contributed by atoms with E-state index in [0.29, 0.717) is 17.4 Å². The van der Waals surface area contributed by atoms with E-state index in [1.165, 1.54) is 19.3 Å². The van der Waals surface area contributed by atoms with Crippen molar-refractivity contribution < 1.29 is 4.74 Å². The molecule has 1 aliphatic carbocycles. The van der Waals surface area contributed by atoms with Gasteiger partial charge in [-0.05, 0) is 37.0 Å². The average Bonchev–Trinajstić information content (AvgIpc) is 2.39. The highest BCUT2D eigenvalue weighted by Gasteiger charge is 2.47. The van der Waals surface area contributed by atoms with Gasteiger partial charge in [-0.2, -0.15) is 0 Å². The molecule has 0 aromatic heterocycles. The number of hydrogen-bond acceptors (Lipinski definition) is 3. The molecule has 1 heterocycles. The first kappa shape index (κ1) is 15.3. The maximum atomic E-state index is 6.25. The monoisotopic (exact) mass is 268 g/mol. The predicted molar refractivity (Wildman–Crippen MR) is 80.2 cm³/mol. The molecule has 0 bridgehead atoms. The van der Waals surface area contributed by atoms with E-state index in [-0.39, 0.29) is 5.54 Å². The molecule has 2 fully saturated rings. The van der Waals surface area contributed by atoms with Crippen LogP contribution in [-0.4, -0.2) is 42.8 Å². The summed E-state index contributed by atoms with van der Waals surface area (Å²) in [4.78, 5) is 2.66. The summed E-state index contributed by atoms with van der Waals surface area (Å²) in [6.45, 7) is 13.2. The summed E-state index contributed by atoms with van der Waals surface area (Å²) in [5, 5.41) is 0. The number of nitrogens with zero attached hydrogens (tertiary/aromatic N) is 1. The van der Waals surface area contributed by atoms with Crippen molar-refractivity contribution in [3.63, 3.8) is 0 Å². The Labute approximate surface area is 118 Å². The Bertz CT molecular complexity index is 305. The van der Waals surface area contributed by atoms with Crippen molar-refractivity contribution in [2.45, 2.75) is 65.0 Å². The Morgan fingerprint density at radius 3 is 2.63 bits per heavy atom. The fourth-order valence-electron chi connectivity index (χ4n) is 4.20. The van der Waals surface area contributed by atoms with Gasteiger partial charge in [0.2, 0.25) is 0 Å². The van der Waals surface area contributed by atoms with Crippen molar-refractivity contribution >= 4 is 0 Å². The maximum Gasteiger partial charge on any atom is 0.0700 e. The van der Waals surface area contributed by atoms with E-state index in [4.69, 9.17) is 10.5 Å². The summed E-state index contributed by atoms with van der Waals surface area (Å²) in [6, 6.07) is 0. The van der Waals surface area contributed by atoms with Crippen molar-refractivity contribution in [3.8, 4) is 0 Å². The molecule has 0 amide bonds. The van der Waals surface area contributed by atoms with Crippen LogP contribution in [0.5, 0.6) is 0 Å². The highest BCUT2D eigenvalue weighted by molar-refractivity contribution is 5.03. The fraction of sp³-hybridized carbons (Fsp3) is 1.00. The minimum atomic E-state index is 0.215. The first-order valence-electron chi connectivity index (χ1n) is 8.00. The maximum absolute atomic E-state index is 6.25. The zero-order chi connectivity index (χ0) is 14.1. The topological polar surface area (TPSA) is 38.5 Å². The molecule has 0 aromatic carbocycles. The van der Waals surface area contributed by atoms with Crippen LogP contribution in [0.4, 0.5) is 0 Å². The van der Waals surface area contributed by atoms with Crippen LogP contribution < -0.4 is 5.73 Å². The first-order valence-corrected chi connectivity index (χ1v) is 8.00. The van der Waals surface area contributed by atoms with Gasteiger partial charge in [0.1, 0.15) is 0 Å². The van der Waals surface area contributed by atoms with Gasteiger partial charge < -0.3 is 10.5 Å². The summed E-state index contributed by atoms with van der Waals surface area (Å²) in [5.41, 5.74) is 6.95. The summed E-state index contributed by atoms with van der Waals surface area (Å²) >= 11 is 0. The molecule has 2 N–H and O–H groups in total. The van der Waals surface area contributed by atoms with Crippen LogP contribution in [0.25, 0.3) is 0 Å². The number of rotatable bonds is 3. The normalized spacial score (nSPS) is 40.3. The van der Waals surface area contributed by atoms with Crippen molar-refractivity contribution in [3.05, 3.63) is 0 Å². The van der Waals surface area contributed by atoms with Gasteiger partial charge in [-0.25, -0.2) is 0 Å². The number of hydrogen-bond donors (Lipinski definition) is 1. The first-order chi connectivity index (χ1) is 8.93. The van der Waals surface area contributed by atoms with Crippen LogP contribution in [0.1, 0.15) is 53.4 Å². The average molecular weight is 268 g/mol. The molecule has 1 saturated carbocycles. The van der Waals surface area contributed by atoms with E-state index in [1.807, 2.05) is 0 Å². The second-order valence-corrected chi connectivity index (χ2v) is 7.42. The van der Waals surface area contributed by atoms with Gasteiger partial charge in [0.15, 0.2) is 0 Å². The van der Waals surface area contributed by atoms with Crippen molar-refractivity contribution in [1.82, 2.24) is 4.90 Å². The molecular formula is C16H32N2O. The van der Waals surface area contributed by atoms with Crippen LogP contribution in [0.15, 0.2) is 0 Å². The zero-order valence-corrected chi connectivity index (χ0v) is 13.2. The highest BCUT2D eigenvalue weighted by Crippen LogP contribution is 2.46. The minimum absolute atomic E-state index is 0.215. The number of ether oxygens (including phenoxy) is 1. The van der Waals surface area contributed by atoms with Crippen LogP contribution in [0.3, 0.4) is 0 Å². The summed E-state index contributed by atoms with van der Waals surface area (Å²) < 4.78 is 5.83. The van der Waals surface area contributed by atoms with Crippen LogP contribution in [0.2, 0.25) is 0 Å². The molecule has 3 heteroatoms. The summed E-state index contributed by atoms with van der Waals surface area (Å²) in [5.74, 6) is 0.678. The van der Waals surface area contributed by atoms with Gasteiger partial charge in [-0.3, -0.25) is 4.90 Å². The Hall–Kier alpha value is -0.120. The summed E-state index contributed by atoms with van der Waals surface area (Å²) in [7, 11) is 0. The van der Waals surface area contributed by atoms with Gasteiger partial charge in [-0.1, -0.05) is 27.7 Å². The van der Waals surface area contributed by atoms with Gasteiger partial charge in [0.05, 0.1) is 12.7 Å². The Morgan fingerprint density at radius 2 is 2.05 bits per heavy atom.